The van der Waals surface area contributed by atoms with Gasteiger partial charge in [-0.05, 0) is 25.3 Å². The van der Waals surface area contributed by atoms with Crippen LogP contribution in [0.3, 0.4) is 0 Å². The smallest absolute Gasteiger partial charge is 0.325 e. The lowest BCUT2D eigenvalue weighted by molar-refractivity contribution is -0.134. The number of amides is 3. The average molecular weight is 297 g/mol. The van der Waals surface area contributed by atoms with Crippen molar-refractivity contribution >= 4 is 11.9 Å². The summed E-state index contributed by atoms with van der Waals surface area (Å²) in [4.78, 5) is 26.2. The maximum absolute atomic E-state index is 12.7. The van der Waals surface area contributed by atoms with E-state index in [0.29, 0.717) is 38.6 Å². The standard InChI is InChI=1S/C15H27N3O3/c1-11(2)10-21-8-7-18-13(19)15(17-14(18)20)6-4-3-5-12(15)9-16/h11-12H,3-10,16H2,1-2H3,(H,17,20). The summed E-state index contributed by atoms with van der Waals surface area (Å²) in [5, 5.41) is 2.92. The van der Waals surface area contributed by atoms with Crippen molar-refractivity contribution in [1.82, 2.24) is 10.2 Å². The molecule has 3 N–H and O–H groups in total. The van der Waals surface area contributed by atoms with Gasteiger partial charge in [0, 0.05) is 12.5 Å². The number of imide groups is 1. The molecule has 6 heteroatoms. The molecule has 1 saturated heterocycles. The first-order valence-corrected chi connectivity index (χ1v) is 7.93. The van der Waals surface area contributed by atoms with E-state index in [1.807, 2.05) is 0 Å². The molecule has 120 valence electrons. The summed E-state index contributed by atoms with van der Waals surface area (Å²) in [6, 6.07) is -0.298. The first-order valence-electron chi connectivity index (χ1n) is 7.93. The van der Waals surface area contributed by atoms with Gasteiger partial charge in [0.2, 0.25) is 0 Å². The number of nitrogens with two attached hydrogens (primary N) is 1. The normalized spacial score (nSPS) is 29.5. The zero-order valence-corrected chi connectivity index (χ0v) is 13.1. The number of urea groups is 1. The van der Waals surface area contributed by atoms with E-state index in [1.54, 1.807) is 0 Å². The summed E-state index contributed by atoms with van der Waals surface area (Å²) in [6.07, 6.45) is 3.63. The summed E-state index contributed by atoms with van der Waals surface area (Å²) < 4.78 is 5.48. The predicted molar refractivity (Wildman–Crippen MR) is 79.6 cm³/mol. The van der Waals surface area contributed by atoms with E-state index in [4.69, 9.17) is 10.5 Å². The third-order valence-corrected chi connectivity index (χ3v) is 4.47. The second-order valence-corrected chi connectivity index (χ2v) is 6.51. The number of hydrogen-bond acceptors (Lipinski definition) is 4. The molecule has 1 aliphatic heterocycles. The monoisotopic (exact) mass is 297 g/mol. The molecule has 2 aliphatic rings. The molecular weight excluding hydrogens is 270 g/mol. The van der Waals surface area contributed by atoms with E-state index in [-0.39, 0.29) is 17.9 Å². The molecule has 0 aromatic heterocycles. The van der Waals surface area contributed by atoms with Gasteiger partial charge in [0.25, 0.3) is 5.91 Å². The van der Waals surface area contributed by atoms with Gasteiger partial charge in [0.1, 0.15) is 5.54 Å². The Morgan fingerprint density at radius 3 is 2.86 bits per heavy atom. The molecule has 0 bridgehead atoms. The number of nitrogens with one attached hydrogen (secondary N) is 1. The fourth-order valence-corrected chi connectivity index (χ4v) is 3.33. The van der Waals surface area contributed by atoms with Gasteiger partial charge in [-0.2, -0.15) is 0 Å². The number of ether oxygens (including phenoxy) is 1. The largest absolute Gasteiger partial charge is 0.379 e. The van der Waals surface area contributed by atoms with E-state index < -0.39 is 5.54 Å². The molecule has 2 unspecified atom stereocenters. The lowest BCUT2D eigenvalue weighted by atomic mass is 9.72. The van der Waals surface area contributed by atoms with Gasteiger partial charge in [-0.3, -0.25) is 9.69 Å². The molecule has 1 aliphatic carbocycles. The van der Waals surface area contributed by atoms with Crippen molar-refractivity contribution in [2.24, 2.45) is 17.6 Å². The third-order valence-electron chi connectivity index (χ3n) is 4.47. The Balaban J connectivity index is 1.98. The van der Waals surface area contributed by atoms with Crippen LogP contribution in [-0.4, -0.2) is 48.7 Å². The predicted octanol–water partition coefficient (Wildman–Crippen LogP) is 1.10. The molecule has 2 fully saturated rings. The molecule has 0 aromatic carbocycles. The SMILES string of the molecule is CC(C)COCCN1C(=O)NC2(CCCCC2CN)C1=O. The second-order valence-electron chi connectivity index (χ2n) is 6.51. The van der Waals surface area contributed by atoms with Gasteiger partial charge in [-0.25, -0.2) is 4.79 Å². The third kappa shape index (κ3) is 3.21. The summed E-state index contributed by atoms with van der Waals surface area (Å²) in [5.74, 6) is 0.375. The summed E-state index contributed by atoms with van der Waals surface area (Å²) in [6.45, 7) is 5.91. The summed E-state index contributed by atoms with van der Waals surface area (Å²) >= 11 is 0. The maximum atomic E-state index is 12.7. The molecule has 2 atom stereocenters. The highest BCUT2D eigenvalue weighted by atomic mass is 16.5. The number of carbonyl (C=O) groups excluding carboxylic acids is 2. The van der Waals surface area contributed by atoms with Crippen molar-refractivity contribution in [1.29, 1.82) is 0 Å². The van der Waals surface area contributed by atoms with Gasteiger partial charge in [-0.15, -0.1) is 0 Å². The quantitative estimate of drug-likeness (QED) is 0.568. The van der Waals surface area contributed by atoms with Crippen LogP contribution in [0.1, 0.15) is 39.5 Å². The topological polar surface area (TPSA) is 84.7 Å². The highest BCUT2D eigenvalue weighted by Gasteiger charge is 2.55. The molecule has 3 amide bonds. The summed E-state index contributed by atoms with van der Waals surface area (Å²) in [7, 11) is 0. The van der Waals surface area contributed by atoms with Crippen LogP contribution in [0, 0.1) is 11.8 Å². The minimum atomic E-state index is -0.762. The molecule has 1 spiro atoms. The Bertz CT molecular complexity index is 400. The lowest BCUT2D eigenvalue weighted by Crippen LogP contribution is -2.57. The molecule has 2 rings (SSSR count). The highest BCUT2D eigenvalue weighted by Crippen LogP contribution is 2.37. The van der Waals surface area contributed by atoms with Crippen LogP contribution in [0.15, 0.2) is 0 Å². The fourth-order valence-electron chi connectivity index (χ4n) is 3.33. The number of hydrogen-bond donors (Lipinski definition) is 2. The molecule has 21 heavy (non-hydrogen) atoms. The van der Waals surface area contributed by atoms with Gasteiger partial charge in [0.05, 0.1) is 13.2 Å². The molecule has 0 radical (unpaired) electrons. The number of carbonyl (C=O) groups is 2. The fraction of sp³-hybridized carbons (Fsp3) is 0.867. The van der Waals surface area contributed by atoms with E-state index in [1.165, 1.54) is 4.90 Å². The van der Waals surface area contributed by atoms with Gasteiger partial charge < -0.3 is 15.8 Å². The molecule has 1 heterocycles. The highest BCUT2D eigenvalue weighted by molar-refractivity contribution is 6.07. The van der Waals surface area contributed by atoms with Crippen molar-refractivity contribution in [3.05, 3.63) is 0 Å². The lowest BCUT2D eigenvalue weighted by Gasteiger charge is -2.38. The van der Waals surface area contributed by atoms with Gasteiger partial charge in [-0.1, -0.05) is 26.7 Å². The van der Waals surface area contributed by atoms with Crippen LogP contribution in [-0.2, 0) is 9.53 Å². The zero-order chi connectivity index (χ0) is 15.5. The molecule has 0 aromatic rings. The summed E-state index contributed by atoms with van der Waals surface area (Å²) in [5.41, 5.74) is 5.06. The average Bonchev–Trinajstić information content (AvgIpc) is 2.68. The van der Waals surface area contributed by atoms with Crippen LogP contribution in [0.25, 0.3) is 0 Å². The van der Waals surface area contributed by atoms with Gasteiger partial charge in [0.15, 0.2) is 0 Å². The Morgan fingerprint density at radius 2 is 2.19 bits per heavy atom. The number of rotatable bonds is 6. The maximum Gasteiger partial charge on any atom is 0.325 e. The minimum absolute atomic E-state index is 0.0456. The Kier molecular flexibility index (Phi) is 5.22. The van der Waals surface area contributed by atoms with Crippen molar-refractivity contribution < 1.29 is 14.3 Å². The van der Waals surface area contributed by atoms with Crippen LogP contribution in [0.2, 0.25) is 0 Å². The van der Waals surface area contributed by atoms with Crippen LogP contribution in [0.4, 0.5) is 4.79 Å². The van der Waals surface area contributed by atoms with Crippen molar-refractivity contribution in [2.45, 2.75) is 45.1 Å². The Morgan fingerprint density at radius 1 is 1.43 bits per heavy atom. The van der Waals surface area contributed by atoms with Crippen LogP contribution < -0.4 is 11.1 Å². The molecule has 1 saturated carbocycles. The van der Waals surface area contributed by atoms with Crippen molar-refractivity contribution in [3.63, 3.8) is 0 Å². The van der Waals surface area contributed by atoms with Crippen LogP contribution in [0.5, 0.6) is 0 Å². The zero-order valence-electron chi connectivity index (χ0n) is 13.1. The van der Waals surface area contributed by atoms with E-state index in [0.717, 1.165) is 19.3 Å². The van der Waals surface area contributed by atoms with E-state index in [9.17, 15) is 9.59 Å². The van der Waals surface area contributed by atoms with Crippen molar-refractivity contribution in [2.75, 3.05) is 26.3 Å². The molecule has 6 nitrogen and oxygen atoms in total. The van der Waals surface area contributed by atoms with Gasteiger partial charge >= 0.3 is 6.03 Å². The first kappa shape index (κ1) is 16.2. The number of nitrogens with zero attached hydrogens (tertiary/aromatic N) is 1. The van der Waals surface area contributed by atoms with E-state index in [2.05, 4.69) is 19.2 Å². The minimum Gasteiger partial charge on any atom is -0.379 e. The Labute approximate surface area is 126 Å². The first-order chi connectivity index (χ1) is 10.0. The molecular formula is C15H27N3O3. The van der Waals surface area contributed by atoms with E-state index >= 15 is 0 Å². The Hall–Kier alpha value is -1.14. The van der Waals surface area contributed by atoms with Crippen molar-refractivity contribution in [3.8, 4) is 0 Å². The second kappa shape index (κ2) is 6.75. The van der Waals surface area contributed by atoms with Crippen LogP contribution >= 0.6 is 0 Å².